The number of hydrogen-bond donors (Lipinski definition) is 0. The van der Waals surface area contributed by atoms with Crippen molar-refractivity contribution >= 4 is 44.1 Å². The summed E-state index contributed by atoms with van der Waals surface area (Å²) in [6, 6.07) is 58.6. The van der Waals surface area contributed by atoms with Crippen LogP contribution in [0.5, 0.6) is 0 Å². The summed E-state index contributed by atoms with van der Waals surface area (Å²) in [6.07, 6.45) is 5.59. The third-order valence-electron chi connectivity index (χ3n) is 10.7. The Morgan fingerprint density at radius 1 is 0.286 bits per heavy atom. The van der Waals surface area contributed by atoms with Gasteiger partial charge in [0.1, 0.15) is 22.2 Å². The summed E-state index contributed by atoms with van der Waals surface area (Å²) in [5.41, 5.74) is 17.1. The number of benzene rings is 6. The summed E-state index contributed by atoms with van der Waals surface area (Å²) in [5, 5.41) is 1.97. The third-order valence-corrected chi connectivity index (χ3v) is 10.7. The fraction of sp³-hybridized carbons (Fsp3) is 0. The first kappa shape index (κ1) is 31.9. The molecule has 6 aromatic carbocycles. The largest absolute Gasteiger partial charge is 0.453 e. The van der Waals surface area contributed by atoms with Crippen molar-refractivity contribution in [2.75, 3.05) is 0 Å². The molecule has 11 aromatic rings. The molecule has 0 atom stereocenters. The first-order chi connectivity index (χ1) is 27.8. The summed E-state index contributed by atoms with van der Waals surface area (Å²) in [5.74, 6) is 0. The minimum Gasteiger partial charge on any atom is -0.453 e. The minimum atomic E-state index is 0.748. The highest BCUT2D eigenvalue weighted by Crippen LogP contribution is 2.45. The predicted molar refractivity (Wildman–Crippen MR) is 227 cm³/mol. The zero-order chi connectivity index (χ0) is 37.0. The quantitative estimate of drug-likeness (QED) is 0.171. The summed E-state index contributed by atoms with van der Waals surface area (Å²) in [6.45, 7) is 0. The Hall–Kier alpha value is -7.63. The van der Waals surface area contributed by atoms with E-state index in [1.807, 2.05) is 55.0 Å². The van der Waals surface area contributed by atoms with E-state index in [-0.39, 0.29) is 0 Å². The molecule has 5 heteroatoms. The smallest absolute Gasteiger partial charge is 0.161 e. The van der Waals surface area contributed by atoms with Gasteiger partial charge in [-0.15, -0.1) is 0 Å². The molecule has 262 valence electrons. The number of fused-ring (bicyclic) bond motifs is 6. The van der Waals surface area contributed by atoms with Gasteiger partial charge in [-0.2, -0.15) is 0 Å². The molecular weight excluding hydrogens is 687 g/mol. The van der Waals surface area contributed by atoms with Gasteiger partial charge in [-0.05, 0) is 81.9 Å². The van der Waals surface area contributed by atoms with Gasteiger partial charge >= 0.3 is 0 Å². The number of para-hydroxylation sites is 2. The molecule has 0 aliphatic carbocycles. The van der Waals surface area contributed by atoms with Crippen LogP contribution in [0.1, 0.15) is 0 Å². The molecule has 56 heavy (non-hydrogen) atoms. The molecule has 0 saturated heterocycles. The predicted octanol–water partition coefficient (Wildman–Crippen LogP) is 13.7. The van der Waals surface area contributed by atoms with Gasteiger partial charge in [0, 0.05) is 57.2 Å². The first-order valence-corrected chi connectivity index (χ1v) is 18.7. The number of rotatable bonds is 6. The second-order valence-electron chi connectivity index (χ2n) is 13.9. The summed E-state index contributed by atoms with van der Waals surface area (Å²) in [7, 11) is 0. The van der Waals surface area contributed by atoms with Crippen LogP contribution in [0.2, 0.25) is 0 Å². The van der Waals surface area contributed by atoms with Crippen molar-refractivity contribution in [3.8, 4) is 66.9 Å². The van der Waals surface area contributed by atoms with Crippen LogP contribution >= 0.6 is 0 Å². The Kier molecular flexibility index (Phi) is 7.42. The average Bonchev–Trinajstić information content (AvgIpc) is 3.86. The monoisotopic (exact) mass is 717 g/mol. The fourth-order valence-corrected chi connectivity index (χ4v) is 8.05. The van der Waals surface area contributed by atoms with Crippen LogP contribution in [0.15, 0.2) is 197 Å². The van der Waals surface area contributed by atoms with E-state index in [1.54, 1.807) is 0 Å². The lowest BCUT2D eigenvalue weighted by atomic mass is 9.90. The van der Waals surface area contributed by atoms with E-state index in [2.05, 4.69) is 138 Å². The van der Waals surface area contributed by atoms with E-state index in [1.165, 1.54) is 0 Å². The van der Waals surface area contributed by atoms with Crippen LogP contribution in [0.3, 0.4) is 0 Å². The van der Waals surface area contributed by atoms with Crippen molar-refractivity contribution in [1.82, 2.24) is 15.0 Å². The summed E-state index contributed by atoms with van der Waals surface area (Å²) >= 11 is 0. The highest BCUT2D eigenvalue weighted by Gasteiger charge is 2.21. The average molecular weight is 718 g/mol. The molecule has 0 spiro atoms. The maximum absolute atomic E-state index is 6.87. The first-order valence-electron chi connectivity index (χ1n) is 18.7. The normalized spacial score (nSPS) is 11.6. The Bertz CT molecular complexity index is 3240. The van der Waals surface area contributed by atoms with Crippen molar-refractivity contribution in [2.45, 2.75) is 0 Å². The van der Waals surface area contributed by atoms with Gasteiger partial charge in [-0.3, -0.25) is 15.0 Å². The van der Waals surface area contributed by atoms with Crippen LogP contribution < -0.4 is 0 Å². The molecule has 0 amide bonds. The second kappa shape index (κ2) is 13.0. The lowest BCUT2D eigenvalue weighted by Crippen LogP contribution is -1.91. The lowest BCUT2D eigenvalue weighted by Gasteiger charge is -2.14. The molecule has 5 aromatic heterocycles. The van der Waals surface area contributed by atoms with Crippen LogP contribution in [0.25, 0.3) is 111 Å². The van der Waals surface area contributed by atoms with E-state index in [4.69, 9.17) is 18.8 Å². The second-order valence-corrected chi connectivity index (χ2v) is 13.9. The SMILES string of the molecule is c1ccc(-c2cccc3c2oc2c(-c4ccc(-c5ccnc6c5oc5c(-c7ccccc7)cccc56)c(-c5cccc(-c6ccccn6)c5)c4)ccnc23)cc1. The van der Waals surface area contributed by atoms with Crippen molar-refractivity contribution in [2.24, 2.45) is 0 Å². The van der Waals surface area contributed by atoms with E-state index in [9.17, 15) is 0 Å². The van der Waals surface area contributed by atoms with Gasteiger partial charge in [-0.1, -0.05) is 121 Å². The molecule has 5 nitrogen and oxygen atoms in total. The molecule has 0 aliphatic heterocycles. The molecule has 11 rings (SSSR count). The van der Waals surface area contributed by atoms with Crippen molar-refractivity contribution in [3.63, 3.8) is 0 Å². The van der Waals surface area contributed by atoms with Gasteiger partial charge in [-0.25, -0.2) is 0 Å². The zero-order valence-electron chi connectivity index (χ0n) is 30.1. The fourth-order valence-electron chi connectivity index (χ4n) is 8.05. The molecule has 0 unspecified atom stereocenters. The van der Waals surface area contributed by atoms with Gasteiger partial charge in [0.05, 0.1) is 5.69 Å². The van der Waals surface area contributed by atoms with Crippen LogP contribution in [-0.2, 0) is 0 Å². The molecular formula is C51H31N3O2. The summed E-state index contributed by atoms with van der Waals surface area (Å²) in [4.78, 5) is 14.4. The number of pyridine rings is 3. The third kappa shape index (κ3) is 5.21. The Balaban J connectivity index is 1.14. The Morgan fingerprint density at radius 3 is 1.46 bits per heavy atom. The number of hydrogen-bond acceptors (Lipinski definition) is 5. The van der Waals surface area contributed by atoms with Gasteiger partial charge in [0.2, 0.25) is 0 Å². The number of nitrogens with zero attached hydrogens (tertiary/aromatic N) is 3. The highest BCUT2D eigenvalue weighted by atomic mass is 16.3. The lowest BCUT2D eigenvalue weighted by molar-refractivity contribution is 0.670. The van der Waals surface area contributed by atoms with Crippen LogP contribution in [-0.4, -0.2) is 15.0 Å². The molecule has 0 aliphatic rings. The Morgan fingerprint density at radius 2 is 0.821 bits per heavy atom. The standard InChI is InChI=1S/C51H31N3O2/c1-3-12-32(13-4-1)37-18-10-20-42-46-50(55-48(37)42)39(25-28-53-46)35-23-24-40(44(31-35)34-16-9-17-36(30-34)45-22-7-8-27-52-45)41-26-29-54-47-43-21-11-19-38(49(43)56-51(41)47)33-14-5-2-6-15-33/h1-31H. The topological polar surface area (TPSA) is 65.0 Å². The maximum atomic E-state index is 6.87. The molecule has 0 fully saturated rings. The van der Waals surface area contributed by atoms with Crippen molar-refractivity contribution < 1.29 is 8.83 Å². The van der Waals surface area contributed by atoms with E-state index < -0.39 is 0 Å². The number of aromatic nitrogens is 3. The van der Waals surface area contributed by atoms with Crippen LogP contribution in [0, 0.1) is 0 Å². The van der Waals surface area contributed by atoms with Gasteiger partial charge in [0.25, 0.3) is 0 Å². The van der Waals surface area contributed by atoms with Crippen molar-refractivity contribution in [1.29, 1.82) is 0 Å². The molecule has 0 radical (unpaired) electrons. The van der Waals surface area contributed by atoms with E-state index in [0.29, 0.717) is 0 Å². The molecule has 5 heterocycles. The zero-order valence-corrected chi connectivity index (χ0v) is 30.1. The number of furan rings is 2. The maximum Gasteiger partial charge on any atom is 0.161 e. The minimum absolute atomic E-state index is 0.748. The molecule has 0 saturated carbocycles. The summed E-state index contributed by atoms with van der Waals surface area (Å²) < 4.78 is 13.7. The molecule has 0 N–H and O–H groups in total. The highest BCUT2D eigenvalue weighted by molar-refractivity contribution is 6.13. The van der Waals surface area contributed by atoms with E-state index >= 15 is 0 Å². The van der Waals surface area contributed by atoms with Gasteiger partial charge in [0.15, 0.2) is 11.2 Å². The van der Waals surface area contributed by atoms with Crippen LogP contribution in [0.4, 0.5) is 0 Å². The molecule has 0 bridgehead atoms. The van der Waals surface area contributed by atoms with E-state index in [0.717, 1.165) is 111 Å². The van der Waals surface area contributed by atoms with Crippen molar-refractivity contribution in [3.05, 3.63) is 188 Å². The Labute approximate surface area is 322 Å². The van der Waals surface area contributed by atoms with Gasteiger partial charge < -0.3 is 8.83 Å².